The highest BCUT2D eigenvalue weighted by Gasteiger charge is 2.18. The molecule has 1 amide bonds. The molecular formula is C12H16Br2N2O2S. The number of carbonyl (C=O) groups is 1. The molecule has 7 heteroatoms. The fraction of sp³-hybridized carbons (Fsp3) is 0.583. The smallest absolute Gasteiger partial charge is 0.253 e. The van der Waals surface area contributed by atoms with Crippen LogP contribution in [0.5, 0.6) is 0 Å². The first-order valence-corrected chi connectivity index (χ1v) is 8.52. The molecule has 2 heterocycles. The molecule has 1 N–H and O–H groups in total. The lowest BCUT2D eigenvalue weighted by molar-refractivity contribution is 0.0342. The lowest BCUT2D eigenvalue weighted by Crippen LogP contribution is -2.46. The van der Waals surface area contributed by atoms with E-state index in [1.165, 1.54) is 11.3 Å². The Labute approximate surface area is 133 Å². The molecule has 1 aliphatic heterocycles. The Hall–Kier alpha value is 0.0500. The minimum Gasteiger partial charge on any atom is -0.379 e. The minimum absolute atomic E-state index is 0.0328. The molecule has 1 saturated heterocycles. The second-order valence-electron chi connectivity index (χ2n) is 4.53. The SMILES string of the molecule is CC(CN1CCOCC1)NC(=O)c1cc(Br)sc1Br. The molecule has 0 spiro atoms. The summed E-state index contributed by atoms with van der Waals surface area (Å²) >= 11 is 8.30. The Morgan fingerprint density at radius 2 is 2.21 bits per heavy atom. The molecule has 0 saturated carbocycles. The normalized spacial score (nSPS) is 18.3. The number of hydrogen-bond donors (Lipinski definition) is 1. The molecule has 1 aromatic rings. The zero-order chi connectivity index (χ0) is 13.8. The van der Waals surface area contributed by atoms with Crippen LogP contribution in [-0.4, -0.2) is 49.7 Å². The maximum absolute atomic E-state index is 12.1. The van der Waals surface area contributed by atoms with Crippen molar-refractivity contribution in [1.29, 1.82) is 0 Å². The molecule has 106 valence electrons. The lowest BCUT2D eigenvalue weighted by Gasteiger charge is -2.29. The third kappa shape index (κ3) is 4.53. The summed E-state index contributed by atoms with van der Waals surface area (Å²) in [5.74, 6) is -0.0328. The Kier molecular flexibility index (Phi) is 5.83. The molecular weight excluding hydrogens is 396 g/mol. The number of nitrogens with one attached hydrogen (secondary N) is 1. The van der Waals surface area contributed by atoms with E-state index in [-0.39, 0.29) is 11.9 Å². The summed E-state index contributed by atoms with van der Waals surface area (Å²) in [5, 5.41) is 3.03. The van der Waals surface area contributed by atoms with E-state index in [4.69, 9.17) is 4.74 Å². The van der Waals surface area contributed by atoms with Crippen LogP contribution in [0.15, 0.2) is 13.6 Å². The summed E-state index contributed by atoms with van der Waals surface area (Å²) in [6.07, 6.45) is 0. The van der Waals surface area contributed by atoms with Gasteiger partial charge in [-0.05, 0) is 44.8 Å². The van der Waals surface area contributed by atoms with Crippen LogP contribution in [0, 0.1) is 0 Å². The van der Waals surface area contributed by atoms with E-state index in [0.717, 1.165) is 40.4 Å². The zero-order valence-corrected chi connectivity index (χ0v) is 14.6. The van der Waals surface area contributed by atoms with E-state index >= 15 is 0 Å². The summed E-state index contributed by atoms with van der Waals surface area (Å²) in [7, 11) is 0. The molecule has 1 aliphatic rings. The second-order valence-corrected chi connectivity index (χ2v) is 8.27. The van der Waals surface area contributed by atoms with Crippen LogP contribution in [0.2, 0.25) is 0 Å². The molecule has 0 aromatic carbocycles. The van der Waals surface area contributed by atoms with Gasteiger partial charge in [0.05, 0.1) is 26.4 Å². The van der Waals surface area contributed by atoms with Gasteiger partial charge in [-0.15, -0.1) is 11.3 Å². The fourth-order valence-electron chi connectivity index (χ4n) is 2.01. The van der Waals surface area contributed by atoms with E-state index in [2.05, 4.69) is 42.1 Å². The van der Waals surface area contributed by atoms with E-state index in [9.17, 15) is 4.79 Å². The van der Waals surface area contributed by atoms with Crippen molar-refractivity contribution in [2.24, 2.45) is 0 Å². The van der Waals surface area contributed by atoms with Crippen LogP contribution >= 0.6 is 43.2 Å². The Morgan fingerprint density at radius 3 is 2.79 bits per heavy atom. The predicted octanol–water partition coefficient (Wildman–Crippen LogP) is 2.72. The van der Waals surface area contributed by atoms with Gasteiger partial charge in [0, 0.05) is 25.7 Å². The first kappa shape index (κ1) is 15.4. The molecule has 4 nitrogen and oxygen atoms in total. The number of rotatable bonds is 4. The molecule has 0 radical (unpaired) electrons. The van der Waals surface area contributed by atoms with Gasteiger partial charge in [-0.2, -0.15) is 0 Å². The van der Waals surface area contributed by atoms with E-state index in [1.54, 1.807) is 0 Å². The van der Waals surface area contributed by atoms with Gasteiger partial charge < -0.3 is 10.1 Å². The highest BCUT2D eigenvalue weighted by molar-refractivity contribution is 9.12. The monoisotopic (exact) mass is 410 g/mol. The van der Waals surface area contributed by atoms with Crippen molar-refractivity contribution < 1.29 is 9.53 Å². The van der Waals surface area contributed by atoms with Crippen LogP contribution in [0.4, 0.5) is 0 Å². The van der Waals surface area contributed by atoms with Gasteiger partial charge >= 0.3 is 0 Å². The first-order valence-electron chi connectivity index (χ1n) is 6.12. The zero-order valence-electron chi connectivity index (χ0n) is 10.6. The van der Waals surface area contributed by atoms with Crippen molar-refractivity contribution in [2.45, 2.75) is 13.0 Å². The van der Waals surface area contributed by atoms with Gasteiger partial charge in [0.15, 0.2) is 0 Å². The van der Waals surface area contributed by atoms with Crippen molar-refractivity contribution in [1.82, 2.24) is 10.2 Å². The Balaban J connectivity index is 1.86. The van der Waals surface area contributed by atoms with E-state index in [1.807, 2.05) is 13.0 Å². The minimum atomic E-state index is -0.0328. The highest BCUT2D eigenvalue weighted by Crippen LogP contribution is 2.31. The Morgan fingerprint density at radius 1 is 1.53 bits per heavy atom. The molecule has 0 bridgehead atoms. The third-order valence-corrected chi connectivity index (χ3v) is 5.25. The standard InChI is InChI=1S/C12H16Br2N2O2S/c1-8(7-16-2-4-18-5-3-16)15-12(17)9-6-10(13)19-11(9)14/h6,8H,2-5,7H2,1H3,(H,15,17). The third-order valence-electron chi connectivity index (χ3n) is 2.91. The maximum Gasteiger partial charge on any atom is 0.253 e. The molecule has 1 unspecified atom stereocenters. The molecule has 1 atom stereocenters. The number of thiophene rings is 1. The van der Waals surface area contributed by atoms with Gasteiger partial charge in [0.1, 0.15) is 0 Å². The number of hydrogen-bond acceptors (Lipinski definition) is 4. The average molecular weight is 412 g/mol. The number of nitrogens with zero attached hydrogens (tertiary/aromatic N) is 1. The molecule has 19 heavy (non-hydrogen) atoms. The number of morpholine rings is 1. The quantitative estimate of drug-likeness (QED) is 0.828. The predicted molar refractivity (Wildman–Crippen MR) is 83.9 cm³/mol. The van der Waals surface area contributed by atoms with Crippen molar-refractivity contribution in [3.8, 4) is 0 Å². The van der Waals surface area contributed by atoms with Gasteiger partial charge in [-0.3, -0.25) is 9.69 Å². The summed E-state index contributed by atoms with van der Waals surface area (Å²) < 4.78 is 7.12. The van der Waals surface area contributed by atoms with Crippen molar-refractivity contribution in [3.63, 3.8) is 0 Å². The molecule has 0 aliphatic carbocycles. The summed E-state index contributed by atoms with van der Waals surface area (Å²) in [4.78, 5) is 14.4. The number of ether oxygens (including phenoxy) is 1. The summed E-state index contributed by atoms with van der Waals surface area (Å²) in [6, 6.07) is 1.96. The lowest BCUT2D eigenvalue weighted by atomic mass is 10.2. The van der Waals surface area contributed by atoms with Crippen molar-refractivity contribution in [2.75, 3.05) is 32.8 Å². The number of carbonyl (C=O) groups excluding carboxylic acids is 1. The largest absolute Gasteiger partial charge is 0.379 e. The van der Waals surface area contributed by atoms with Crippen LogP contribution in [0.3, 0.4) is 0 Å². The summed E-state index contributed by atoms with van der Waals surface area (Å²) in [5.41, 5.74) is 0.686. The molecule has 1 fully saturated rings. The van der Waals surface area contributed by atoms with Gasteiger partial charge in [-0.25, -0.2) is 0 Å². The van der Waals surface area contributed by atoms with E-state index < -0.39 is 0 Å². The number of amides is 1. The van der Waals surface area contributed by atoms with Crippen molar-refractivity contribution in [3.05, 3.63) is 19.2 Å². The Bertz CT molecular complexity index is 447. The van der Waals surface area contributed by atoms with E-state index in [0.29, 0.717) is 5.56 Å². The average Bonchev–Trinajstić information content (AvgIpc) is 2.69. The topological polar surface area (TPSA) is 41.6 Å². The maximum atomic E-state index is 12.1. The van der Waals surface area contributed by atoms with Crippen LogP contribution in [-0.2, 0) is 4.74 Å². The fourth-order valence-corrected chi connectivity index (χ4v) is 4.81. The van der Waals surface area contributed by atoms with Crippen LogP contribution in [0.1, 0.15) is 17.3 Å². The molecule has 1 aromatic heterocycles. The van der Waals surface area contributed by atoms with Crippen molar-refractivity contribution >= 4 is 49.1 Å². The van der Waals surface area contributed by atoms with Gasteiger partial charge in [0.25, 0.3) is 5.91 Å². The molecule has 2 rings (SSSR count). The second kappa shape index (κ2) is 7.17. The highest BCUT2D eigenvalue weighted by atomic mass is 79.9. The van der Waals surface area contributed by atoms with Gasteiger partial charge in [-0.1, -0.05) is 0 Å². The number of halogens is 2. The summed E-state index contributed by atoms with van der Waals surface area (Å²) in [6.45, 7) is 6.33. The van der Waals surface area contributed by atoms with Crippen LogP contribution in [0.25, 0.3) is 0 Å². The first-order chi connectivity index (χ1) is 9.06. The van der Waals surface area contributed by atoms with Crippen LogP contribution < -0.4 is 5.32 Å². The van der Waals surface area contributed by atoms with Gasteiger partial charge in [0.2, 0.25) is 0 Å².